The van der Waals surface area contributed by atoms with E-state index in [0.717, 1.165) is 0 Å². The summed E-state index contributed by atoms with van der Waals surface area (Å²) in [6, 6.07) is 7.98. The average Bonchev–Trinajstić information content (AvgIpc) is 2.38. The maximum atomic E-state index is 11.9. The van der Waals surface area contributed by atoms with Crippen molar-refractivity contribution in [2.24, 2.45) is 0 Å². The van der Waals surface area contributed by atoms with Gasteiger partial charge in [0.25, 0.3) is 5.91 Å². The van der Waals surface area contributed by atoms with E-state index < -0.39 is 12.1 Å². The zero-order valence-electron chi connectivity index (χ0n) is 12.1. The van der Waals surface area contributed by atoms with Crippen molar-refractivity contribution in [1.82, 2.24) is 10.6 Å². The Morgan fingerprint density at radius 2 is 1.70 bits per heavy atom. The number of amides is 2. The van der Waals surface area contributed by atoms with Gasteiger partial charge in [0.2, 0.25) is 5.91 Å². The van der Waals surface area contributed by atoms with Crippen molar-refractivity contribution in [1.29, 1.82) is 0 Å². The number of carbonyl (C=O) groups is 2. The Kier molecular flexibility index (Phi) is 6.18. The maximum Gasteiger partial charge on any atom is 0.251 e. The van der Waals surface area contributed by atoms with Crippen molar-refractivity contribution < 1.29 is 14.7 Å². The van der Waals surface area contributed by atoms with Gasteiger partial charge in [-0.25, -0.2) is 0 Å². The molecule has 2 amide bonds. The fraction of sp³-hybridized carbons (Fsp3) is 0.467. The third kappa shape index (κ3) is 5.40. The number of nitrogens with one attached hydrogen (secondary N) is 2. The SMILES string of the molecule is CC(O)CC(C)NC(=O)C(C)NC(=O)c1ccccc1. The lowest BCUT2D eigenvalue weighted by Crippen LogP contribution is -2.47. The van der Waals surface area contributed by atoms with Crippen molar-refractivity contribution in [3.63, 3.8) is 0 Å². The second kappa shape index (κ2) is 7.65. The highest BCUT2D eigenvalue weighted by Crippen LogP contribution is 2.00. The van der Waals surface area contributed by atoms with E-state index in [1.807, 2.05) is 13.0 Å². The van der Waals surface area contributed by atoms with Crippen LogP contribution in [0.3, 0.4) is 0 Å². The fourth-order valence-corrected chi connectivity index (χ4v) is 1.87. The molecule has 0 spiro atoms. The highest BCUT2D eigenvalue weighted by molar-refractivity contribution is 5.97. The lowest BCUT2D eigenvalue weighted by molar-refractivity contribution is -0.123. The van der Waals surface area contributed by atoms with Gasteiger partial charge in [0.1, 0.15) is 6.04 Å². The summed E-state index contributed by atoms with van der Waals surface area (Å²) in [6.45, 7) is 5.12. The molecular formula is C15H22N2O3. The van der Waals surface area contributed by atoms with Crippen LogP contribution in [0.4, 0.5) is 0 Å². The molecule has 0 aliphatic heterocycles. The first-order valence-electron chi connectivity index (χ1n) is 6.74. The molecule has 5 heteroatoms. The monoisotopic (exact) mass is 278 g/mol. The van der Waals surface area contributed by atoms with Crippen LogP contribution >= 0.6 is 0 Å². The maximum absolute atomic E-state index is 11.9. The predicted octanol–water partition coefficient (Wildman–Crippen LogP) is 1.08. The number of carbonyl (C=O) groups excluding carboxylic acids is 2. The molecule has 0 heterocycles. The molecular weight excluding hydrogens is 256 g/mol. The van der Waals surface area contributed by atoms with Crippen molar-refractivity contribution in [3.8, 4) is 0 Å². The Morgan fingerprint density at radius 1 is 1.10 bits per heavy atom. The second-order valence-corrected chi connectivity index (χ2v) is 5.06. The molecule has 0 saturated heterocycles. The van der Waals surface area contributed by atoms with Gasteiger partial charge in [-0.2, -0.15) is 0 Å². The lowest BCUT2D eigenvalue weighted by Gasteiger charge is -2.19. The Balaban J connectivity index is 2.48. The van der Waals surface area contributed by atoms with E-state index in [1.165, 1.54) is 0 Å². The predicted molar refractivity (Wildman–Crippen MR) is 77.3 cm³/mol. The molecule has 0 aliphatic carbocycles. The van der Waals surface area contributed by atoms with E-state index in [-0.39, 0.29) is 17.9 Å². The van der Waals surface area contributed by atoms with Gasteiger partial charge in [0, 0.05) is 11.6 Å². The topological polar surface area (TPSA) is 78.4 Å². The average molecular weight is 278 g/mol. The van der Waals surface area contributed by atoms with Gasteiger partial charge in [0.15, 0.2) is 0 Å². The summed E-state index contributed by atoms with van der Waals surface area (Å²) in [5, 5.41) is 14.6. The minimum Gasteiger partial charge on any atom is -0.393 e. The number of benzene rings is 1. The van der Waals surface area contributed by atoms with Crippen LogP contribution in [-0.4, -0.2) is 35.1 Å². The number of hydrogen-bond acceptors (Lipinski definition) is 3. The molecule has 110 valence electrons. The Morgan fingerprint density at radius 3 is 2.25 bits per heavy atom. The summed E-state index contributed by atoms with van der Waals surface area (Å²) >= 11 is 0. The molecule has 1 rings (SSSR count). The zero-order chi connectivity index (χ0) is 15.1. The van der Waals surface area contributed by atoms with E-state index in [2.05, 4.69) is 10.6 Å². The highest BCUT2D eigenvalue weighted by atomic mass is 16.3. The molecule has 0 fully saturated rings. The van der Waals surface area contributed by atoms with Crippen LogP contribution in [0.15, 0.2) is 30.3 Å². The summed E-state index contributed by atoms with van der Waals surface area (Å²) in [5.41, 5.74) is 0.518. The summed E-state index contributed by atoms with van der Waals surface area (Å²) in [4.78, 5) is 23.8. The lowest BCUT2D eigenvalue weighted by atomic mass is 10.1. The number of hydrogen-bond donors (Lipinski definition) is 3. The molecule has 20 heavy (non-hydrogen) atoms. The van der Waals surface area contributed by atoms with Crippen LogP contribution < -0.4 is 10.6 Å². The molecule has 1 aromatic carbocycles. The van der Waals surface area contributed by atoms with Crippen LogP contribution in [0.1, 0.15) is 37.6 Å². The van der Waals surface area contributed by atoms with Crippen LogP contribution in [-0.2, 0) is 4.79 Å². The van der Waals surface area contributed by atoms with Gasteiger partial charge in [-0.1, -0.05) is 18.2 Å². The highest BCUT2D eigenvalue weighted by Gasteiger charge is 2.18. The molecule has 0 aromatic heterocycles. The first-order valence-corrected chi connectivity index (χ1v) is 6.74. The third-order valence-electron chi connectivity index (χ3n) is 2.86. The van der Waals surface area contributed by atoms with Crippen molar-refractivity contribution >= 4 is 11.8 Å². The standard InChI is InChI=1S/C15H22N2O3/c1-10(9-11(2)18)16-14(19)12(3)17-15(20)13-7-5-4-6-8-13/h4-8,10-12,18H,9H2,1-3H3,(H,16,19)(H,17,20). The molecule has 0 saturated carbocycles. The Hall–Kier alpha value is -1.88. The van der Waals surface area contributed by atoms with E-state index in [1.54, 1.807) is 38.1 Å². The first kappa shape index (κ1) is 16.2. The third-order valence-corrected chi connectivity index (χ3v) is 2.86. The molecule has 3 unspecified atom stereocenters. The molecule has 3 N–H and O–H groups in total. The minimum atomic E-state index is -0.626. The molecule has 0 bridgehead atoms. The summed E-state index contributed by atoms with van der Waals surface area (Å²) in [5.74, 6) is -0.543. The van der Waals surface area contributed by atoms with E-state index in [0.29, 0.717) is 12.0 Å². The fourth-order valence-electron chi connectivity index (χ4n) is 1.87. The quantitative estimate of drug-likeness (QED) is 0.728. The molecule has 3 atom stereocenters. The van der Waals surface area contributed by atoms with Crippen LogP contribution in [0.25, 0.3) is 0 Å². The van der Waals surface area contributed by atoms with Crippen molar-refractivity contribution in [3.05, 3.63) is 35.9 Å². The smallest absolute Gasteiger partial charge is 0.251 e. The van der Waals surface area contributed by atoms with E-state index in [9.17, 15) is 14.7 Å². The largest absolute Gasteiger partial charge is 0.393 e. The van der Waals surface area contributed by atoms with Gasteiger partial charge in [-0.05, 0) is 39.3 Å². The number of rotatable bonds is 6. The minimum absolute atomic E-state index is 0.140. The molecule has 0 radical (unpaired) electrons. The van der Waals surface area contributed by atoms with Crippen LogP contribution in [0.5, 0.6) is 0 Å². The van der Waals surface area contributed by atoms with Gasteiger partial charge < -0.3 is 15.7 Å². The van der Waals surface area contributed by atoms with Gasteiger partial charge in [0.05, 0.1) is 6.10 Å². The summed E-state index contributed by atoms with van der Waals surface area (Å²) in [6.07, 6.45) is 0.00460. The number of aliphatic hydroxyl groups is 1. The number of aliphatic hydroxyl groups excluding tert-OH is 1. The molecule has 5 nitrogen and oxygen atoms in total. The van der Waals surface area contributed by atoms with E-state index in [4.69, 9.17) is 0 Å². The Labute approximate surface area is 119 Å². The van der Waals surface area contributed by atoms with Crippen LogP contribution in [0.2, 0.25) is 0 Å². The first-order chi connectivity index (χ1) is 9.40. The zero-order valence-corrected chi connectivity index (χ0v) is 12.1. The summed E-state index contributed by atoms with van der Waals surface area (Å²) in [7, 11) is 0. The molecule has 0 aliphatic rings. The van der Waals surface area contributed by atoms with Gasteiger partial charge in [-0.3, -0.25) is 9.59 Å². The van der Waals surface area contributed by atoms with Crippen molar-refractivity contribution in [2.45, 2.75) is 45.4 Å². The van der Waals surface area contributed by atoms with Crippen molar-refractivity contribution in [2.75, 3.05) is 0 Å². The van der Waals surface area contributed by atoms with Crippen LogP contribution in [0, 0.1) is 0 Å². The normalized spacial score (nSPS) is 15.0. The summed E-state index contributed by atoms with van der Waals surface area (Å²) < 4.78 is 0. The Bertz CT molecular complexity index is 446. The van der Waals surface area contributed by atoms with E-state index >= 15 is 0 Å². The van der Waals surface area contributed by atoms with Gasteiger partial charge in [-0.15, -0.1) is 0 Å². The molecule has 1 aromatic rings. The second-order valence-electron chi connectivity index (χ2n) is 5.06. The van der Waals surface area contributed by atoms with Gasteiger partial charge >= 0.3 is 0 Å².